The fraction of sp³-hybridized carbons (Fsp3) is 0.273. The van der Waals surface area contributed by atoms with E-state index in [0.717, 1.165) is 28.3 Å². The van der Waals surface area contributed by atoms with Gasteiger partial charge in [-0.2, -0.15) is 0 Å². The van der Waals surface area contributed by atoms with Crippen LogP contribution in [0.4, 0.5) is 0 Å². The molecule has 1 unspecified atom stereocenters. The second-order valence-electron chi connectivity index (χ2n) is 6.84. The summed E-state index contributed by atoms with van der Waals surface area (Å²) in [6, 6.07) is 11.0. The molecular weight excluding hydrogens is 342 g/mol. The Morgan fingerprint density at radius 1 is 1.07 bits per heavy atom. The van der Waals surface area contributed by atoms with Crippen LogP contribution in [0.25, 0.3) is 10.9 Å². The van der Waals surface area contributed by atoms with Crippen LogP contribution in [-0.4, -0.2) is 31.5 Å². The summed E-state index contributed by atoms with van der Waals surface area (Å²) in [6.45, 7) is 4.28. The fourth-order valence-corrected chi connectivity index (χ4v) is 3.59. The number of aromatic amines is 1. The van der Waals surface area contributed by atoms with Crippen LogP contribution in [0, 0.1) is 5.92 Å². The number of rotatable bonds is 6. The van der Waals surface area contributed by atoms with Crippen LogP contribution < -0.4 is 4.74 Å². The van der Waals surface area contributed by atoms with Gasteiger partial charge in [0.1, 0.15) is 12.0 Å². The van der Waals surface area contributed by atoms with E-state index >= 15 is 0 Å². The van der Waals surface area contributed by atoms with Gasteiger partial charge in [0.05, 0.1) is 19.8 Å². The number of hydrogen-bond acceptors (Lipinski definition) is 4. The molecule has 3 rings (SSSR count). The molecule has 0 aliphatic rings. The highest BCUT2D eigenvalue weighted by atomic mass is 16.5. The third-order valence-corrected chi connectivity index (χ3v) is 4.87. The predicted molar refractivity (Wildman–Crippen MR) is 105 cm³/mol. The zero-order chi connectivity index (χ0) is 19.6. The summed E-state index contributed by atoms with van der Waals surface area (Å²) in [5.41, 5.74) is 4.14. The van der Waals surface area contributed by atoms with E-state index in [0.29, 0.717) is 16.9 Å². The monoisotopic (exact) mass is 365 g/mol. The minimum Gasteiger partial charge on any atom is -0.496 e. The quantitative estimate of drug-likeness (QED) is 0.513. The third-order valence-electron chi connectivity index (χ3n) is 4.87. The van der Waals surface area contributed by atoms with Crippen molar-refractivity contribution in [3.05, 3.63) is 64.8 Å². The van der Waals surface area contributed by atoms with Crippen molar-refractivity contribution in [3.8, 4) is 5.75 Å². The van der Waals surface area contributed by atoms with Gasteiger partial charge in [-0.15, -0.1) is 0 Å². The molecule has 27 heavy (non-hydrogen) atoms. The number of H-pyrrole nitrogens is 1. The van der Waals surface area contributed by atoms with Gasteiger partial charge in [0, 0.05) is 34.1 Å². The van der Waals surface area contributed by atoms with Gasteiger partial charge in [0.2, 0.25) is 0 Å². The molecular formula is C22H23NO4. The highest BCUT2D eigenvalue weighted by Gasteiger charge is 2.25. The van der Waals surface area contributed by atoms with E-state index in [1.54, 1.807) is 25.3 Å². The molecule has 1 heterocycles. The van der Waals surface area contributed by atoms with Gasteiger partial charge in [-0.1, -0.05) is 19.9 Å². The fourth-order valence-electron chi connectivity index (χ4n) is 3.59. The Labute approximate surface area is 158 Å². The van der Waals surface area contributed by atoms with Crippen molar-refractivity contribution < 1.29 is 19.1 Å². The SMILES string of the molecule is COC(=O)c1ccc(C(c2c[nH]c3ccc(C=O)cc23)C(C)C)c(OC)c1. The van der Waals surface area contributed by atoms with Gasteiger partial charge in [-0.3, -0.25) is 4.79 Å². The molecule has 0 bridgehead atoms. The molecule has 0 spiro atoms. The predicted octanol–water partition coefficient (Wildman–Crippen LogP) is 4.56. The number of benzene rings is 2. The summed E-state index contributed by atoms with van der Waals surface area (Å²) in [5, 5.41) is 1.01. The van der Waals surface area contributed by atoms with Crippen LogP contribution in [-0.2, 0) is 4.74 Å². The summed E-state index contributed by atoms with van der Waals surface area (Å²) in [7, 11) is 2.95. The summed E-state index contributed by atoms with van der Waals surface area (Å²) < 4.78 is 10.4. The average molecular weight is 365 g/mol. The Balaban J connectivity index is 2.17. The Kier molecular flexibility index (Phi) is 5.31. The van der Waals surface area contributed by atoms with Gasteiger partial charge in [0.15, 0.2) is 0 Å². The molecule has 140 valence electrons. The largest absolute Gasteiger partial charge is 0.496 e. The van der Waals surface area contributed by atoms with Crippen molar-refractivity contribution in [2.24, 2.45) is 5.92 Å². The lowest BCUT2D eigenvalue weighted by molar-refractivity contribution is 0.0600. The lowest BCUT2D eigenvalue weighted by Crippen LogP contribution is -2.11. The molecule has 0 amide bonds. The van der Waals surface area contributed by atoms with Crippen molar-refractivity contribution in [1.82, 2.24) is 4.98 Å². The number of carbonyl (C=O) groups is 2. The van der Waals surface area contributed by atoms with Crippen molar-refractivity contribution >= 4 is 23.2 Å². The molecule has 0 radical (unpaired) electrons. The number of ether oxygens (including phenoxy) is 2. The van der Waals surface area contributed by atoms with E-state index < -0.39 is 5.97 Å². The minimum absolute atomic E-state index is 0.0299. The van der Waals surface area contributed by atoms with E-state index in [1.807, 2.05) is 24.4 Å². The molecule has 0 fully saturated rings. The van der Waals surface area contributed by atoms with E-state index in [1.165, 1.54) is 7.11 Å². The summed E-state index contributed by atoms with van der Waals surface area (Å²) in [5.74, 6) is 0.533. The lowest BCUT2D eigenvalue weighted by atomic mass is 9.81. The van der Waals surface area contributed by atoms with Gasteiger partial charge >= 0.3 is 5.97 Å². The van der Waals surface area contributed by atoms with E-state index in [2.05, 4.69) is 18.8 Å². The zero-order valence-electron chi connectivity index (χ0n) is 15.9. The van der Waals surface area contributed by atoms with Crippen LogP contribution in [0.1, 0.15) is 51.6 Å². The maximum atomic E-state index is 11.9. The Morgan fingerprint density at radius 3 is 2.48 bits per heavy atom. The van der Waals surface area contributed by atoms with Crippen LogP contribution in [0.2, 0.25) is 0 Å². The van der Waals surface area contributed by atoms with Crippen molar-refractivity contribution in [2.45, 2.75) is 19.8 Å². The Bertz CT molecular complexity index is 987. The maximum absolute atomic E-state index is 11.9. The standard InChI is InChI=1S/C22H23NO4/c1-13(2)21(16-7-6-15(22(25)27-4)10-20(16)26-3)18-11-23-19-8-5-14(12-24)9-17(18)19/h5-13,21,23H,1-4H3. The summed E-state index contributed by atoms with van der Waals surface area (Å²) in [4.78, 5) is 26.4. The normalized spacial score (nSPS) is 12.2. The summed E-state index contributed by atoms with van der Waals surface area (Å²) >= 11 is 0. The van der Waals surface area contributed by atoms with Crippen molar-refractivity contribution in [3.63, 3.8) is 0 Å². The molecule has 0 aliphatic heterocycles. The maximum Gasteiger partial charge on any atom is 0.337 e. The first kappa shape index (κ1) is 18.7. The highest BCUT2D eigenvalue weighted by Crippen LogP contribution is 2.40. The van der Waals surface area contributed by atoms with Crippen LogP contribution >= 0.6 is 0 Å². The number of fused-ring (bicyclic) bond motifs is 1. The molecule has 1 N–H and O–H groups in total. The molecule has 2 aromatic carbocycles. The number of nitrogens with one attached hydrogen (secondary N) is 1. The van der Waals surface area contributed by atoms with Crippen LogP contribution in [0.5, 0.6) is 5.75 Å². The molecule has 5 nitrogen and oxygen atoms in total. The topological polar surface area (TPSA) is 68.4 Å². The molecule has 5 heteroatoms. The first-order chi connectivity index (χ1) is 13.0. The number of aromatic nitrogens is 1. The second kappa shape index (κ2) is 7.66. The van der Waals surface area contributed by atoms with E-state index in [-0.39, 0.29) is 11.8 Å². The average Bonchev–Trinajstić information content (AvgIpc) is 3.10. The number of aldehydes is 1. The number of hydrogen-bond donors (Lipinski definition) is 1. The molecule has 1 atom stereocenters. The smallest absolute Gasteiger partial charge is 0.337 e. The highest BCUT2D eigenvalue weighted by molar-refractivity contribution is 5.91. The first-order valence-corrected chi connectivity index (χ1v) is 8.82. The molecule has 1 aromatic heterocycles. The molecule has 0 aliphatic carbocycles. The van der Waals surface area contributed by atoms with E-state index in [4.69, 9.17) is 9.47 Å². The van der Waals surface area contributed by atoms with Gasteiger partial charge in [-0.05, 0) is 41.8 Å². The Morgan fingerprint density at radius 2 is 1.85 bits per heavy atom. The van der Waals surface area contributed by atoms with E-state index in [9.17, 15) is 9.59 Å². The van der Waals surface area contributed by atoms with Crippen LogP contribution in [0.3, 0.4) is 0 Å². The number of carbonyl (C=O) groups excluding carboxylic acids is 2. The van der Waals surface area contributed by atoms with Crippen molar-refractivity contribution in [2.75, 3.05) is 14.2 Å². The number of methoxy groups -OCH3 is 2. The molecule has 0 saturated heterocycles. The molecule has 0 saturated carbocycles. The van der Waals surface area contributed by atoms with Crippen LogP contribution in [0.15, 0.2) is 42.6 Å². The van der Waals surface area contributed by atoms with Gasteiger partial charge in [-0.25, -0.2) is 4.79 Å². The number of esters is 1. The zero-order valence-corrected chi connectivity index (χ0v) is 15.9. The van der Waals surface area contributed by atoms with Gasteiger partial charge in [0.25, 0.3) is 0 Å². The lowest BCUT2D eigenvalue weighted by Gasteiger charge is -2.24. The first-order valence-electron chi connectivity index (χ1n) is 8.82. The second-order valence-corrected chi connectivity index (χ2v) is 6.84. The minimum atomic E-state index is -0.399. The van der Waals surface area contributed by atoms with Crippen molar-refractivity contribution in [1.29, 1.82) is 0 Å². The van der Waals surface area contributed by atoms with Gasteiger partial charge < -0.3 is 14.5 Å². The molecule has 3 aromatic rings. The summed E-state index contributed by atoms with van der Waals surface area (Å²) in [6.07, 6.45) is 2.84. The third kappa shape index (κ3) is 3.45. The Hall–Kier alpha value is -3.08.